The molecule has 2 aromatic rings. The molecule has 1 unspecified atom stereocenters. The molecule has 0 radical (unpaired) electrons. The summed E-state index contributed by atoms with van der Waals surface area (Å²) in [5.41, 5.74) is 9.88. The van der Waals surface area contributed by atoms with Gasteiger partial charge in [-0.3, -0.25) is 14.6 Å². The number of nitrogens with zero attached hydrogens (tertiary/aromatic N) is 2. The van der Waals surface area contributed by atoms with Crippen molar-refractivity contribution < 1.29 is 9.59 Å². The van der Waals surface area contributed by atoms with E-state index in [1.165, 1.54) is 6.42 Å². The fourth-order valence-corrected chi connectivity index (χ4v) is 4.55. The van der Waals surface area contributed by atoms with Gasteiger partial charge in [-0.15, -0.1) is 0 Å². The highest BCUT2D eigenvalue weighted by atomic mass is 16.2. The number of benzodiazepines with no additional fused rings is 1. The number of anilines is 1. The fourth-order valence-electron chi connectivity index (χ4n) is 4.55. The number of carbonyl (C=O) groups excluding carboxylic acids is 2. The first kappa shape index (κ1) is 21.2. The van der Waals surface area contributed by atoms with E-state index in [-0.39, 0.29) is 11.8 Å². The number of amides is 2. The Morgan fingerprint density at radius 2 is 1.77 bits per heavy atom. The van der Waals surface area contributed by atoms with Gasteiger partial charge in [0.25, 0.3) is 5.91 Å². The summed E-state index contributed by atoms with van der Waals surface area (Å²) in [5, 5.41) is 2.82. The number of rotatable bonds is 5. The molecule has 6 nitrogen and oxygen atoms in total. The molecule has 0 saturated heterocycles. The normalized spacial score (nSPS) is 20.5. The second kappa shape index (κ2) is 9.43. The lowest BCUT2D eigenvalue weighted by Crippen LogP contribution is -2.51. The summed E-state index contributed by atoms with van der Waals surface area (Å²) in [6, 6.07) is 16.8. The quantitative estimate of drug-likeness (QED) is 0.782. The topological polar surface area (TPSA) is 87.8 Å². The van der Waals surface area contributed by atoms with Crippen LogP contribution in [0.5, 0.6) is 0 Å². The van der Waals surface area contributed by atoms with Crippen molar-refractivity contribution in [3.8, 4) is 0 Å². The van der Waals surface area contributed by atoms with Crippen LogP contribution < -0.4 is 16.0 Å². The Bertz CT molecular complexity index is 966. The standard InChI is InChI=1S/C25H30N4O2/c1-29-21-15-9-8-14-19(21)22(18-12-6-3-7-13-18)27-23(25(29)31)28-24(30)20(26)16-17-10-4-2-5-11-17/h2,4-5,8-11,14-15,18,20,23H,3,6-7,12-13,16,26H2,1H3,(H,28,30)/t20-,23?/m0/s1. The number of aliphatic imine (C=N–C) groups is 1. The molecule has 1 aliphatic carbocycles. The molecule has 3 N–H and O–H groups in total. The van der Waals surface area contributed by atoms with Crippen molar-refractivity contribution in [2.24, 2.45) is 16.6 Å². The molecule has 4 rings (SSSR count). The minimum atomic E-state index is -0.969. The van der Waals surface area contributed by atoms with Crippen LogP contribution in [-0.4, -0.2) is 36.8 Å². The van der Waals surface area contributed by atoms with Gasteiger partial charge in [-0.05, 0) is 30.9 Å². The van der Waals surface area contributed by atoms with Gasteiger partial charge in [0.2, 0.25) is 12.1 Å². The fraction of sp³-hybridized carbons (Fsp3) is 0.400. The molecule has 0 aromatic heterocycles. The van der Waals surface area contributed by atoms with Crippen molar-refractivity contribution in [2.75, 3.05) is 11.9 Å². The van der Waals surface area contributed by atoms with E-state index in [9.17, 15) is 9.59 Å². The first-order valence-electron chi connectivity index (χ1n) is 11.1. The zero-order valence-electron chi connectivity index (χ0n) is 18.0. The van der Waals surface area contributed by atoms with Gasteiger partial charge >= 0.3 is 0 Å². The molecule has 1 fully saturated rings. The van der Waals surface area contributed by atoms with E-state index in [1.54, 1.807) is 11.9 Å². The van der Waals surface area contributed by atoms with Gasteiger partial charge in [0.15, 0.2) is 0 Å². The monoisotopic (exact) mass is 418 g/mol. The molecule has 2 aliphatic rings. The van der Waals surface area contributed by atoms with Gasteiger partial charge in [0, 0.05) is 18.5 Å². The number of fused-ring (bicyclic) bond motifs is 1. The molecule has 2 aromatic carbocycles. The van der Waals surface area contributed by atoms with Crippen molar-refractivity contribution >= 4 is 23.2 Å². The second-order valence-electron chi connectivity index (χ2n) is 8.47. The SMILES string of the molecule is CN1C(=O)C(NC(=O)[C@@H](N)Cc2ccccc2)N=C(C2CCCCC2)c2ccccc21. The van der Waals surface area contributed by atoms with Crippen molar-refractivity contribution in [1.29, 1.82) is 0 Å². The first-order chi connectivity index (χ1) is 15.0. The molecule has 1 heterocycles. The summed E-state index contributed by atoms with van der Waals surface area (Å²) < 4.78 is 0. The largest absolute Gasteiger partial charge is 0.325 e. The van der Waals surface area contributed by atoms with Gasteiger partial charge in [0.1, 0.15) is 0 Å². The van der Waals surface area contributed by atoms with Crippen molar-refractivity contribution in [3.63, 3.8) is 0 Å². The zero-order valence-corrected chi connectivity index (χ0v) is 18.0. The maximum Gasteiger partial charge on any atom is 0.272 e. The average molecular weight is 419 g/mol. The maximum atomic E-state index is 13.2. The Balaban J connectivity index is 1.60. The van der Waals surface area contributed by atoms with Crippen LogP contribution in [0.25, 0.3) is 0 Å². The predicted molar refractivity (Wildman–Crippen MR) is 123 cm³/mol. The molecule has 162 valence electrons. The lowest BCUT2D eigenvalue weighted by atomic mass is 9.83. The lowest BCUT2D eigenvalue weighted by molar-refractivity contribution is -0.128. The van der Waals surface area contributed by atoms with Crippen LogP contribution in [0.3, 0.4) is 0 Å². The zero-order chi connectivity index (χ0) is 21.8. The molecule has 31 heavy (non-hydrogen) atoms. The van der Waals surface area contributed by atoms with Crippen LogP contribution in [0.2, 0.25) is 0 Å². The molecular formula is C25H30N4O2. The van der Waals surface area contributed by atoms with E-state index in [4.69, 9.17) is 10.7 Å². The highest BCUT2D eigenvalue weighted by Gasteiger charge is 2.34. The number of benzene rings is 2. The highest BCUT2D eigenvalue weighted by molar-refractivity contribution is 6.14. The van der Waals surface area contributed by atoms with Crippen LogP contribution in [0.15, 0.2) is 59.6 Å². The van der Waals surface area contributed by atoms with Gasteiger partial charge < -0.3 is 16.0 Å². The summed E-state index contributed by atoms with van der Waals surface area (Å²) in [6.45, 7) is 0. The van der Waals surface area contributed by atoms with Crippen LogP contribution in [0, 0.1) is 5.92 Å². The minimum absolute atomic E-state index is 0.251. The smallest absolute Gasteiger partial charge is 0.272 e. The van der Waals surface area contributed by atoms with Gasteiger partial charge in [-0.25, -0.2) is 0 Å². The molecule has 0 spiro atoms. The molecule has 1 aliphatic heterocycles. The van der Waals surface area contributed by atoms with Crippen LogP contribution in [-0.2, 0) is 16.0 Å². The lowest BCUT2D eigenvalue weighted by Gasteiger charge is -2.25. The molecule has 6 heteroatoms. The van der Waals surface area contributed by atoms with Crippen LogP contribution in [0.4, 0.5) is 5.69 Å². The molecule has 1 saturated carbocycles. The van der Waals surface area contributed by atoms with Crippen molar-refractivity contribution in [2.45, 2.75) is 50.7 Å². The molecular weight excluding hydrogens is 388 g/mol. The van der Waals surface area contributed by atoms with Gasteiger partial charge in [-0.1, -0.05) is 67.8 Å². The number of para-hydroxylation sites is 1. The number of carbonyl (C=O) groups is 2. The van der Waals surface area contributed by atoms with Crippen molar-refractivity contribution in [1.82, 2.24) is 5.32 Å². The van der Waals surface area contributed by atoms with Crippen molar-refractivity contribution in [3.05, 3.63) is 65.7 Å². The Morgan fingerprint density at radius 3 is 2.52 bits per heavy atom. The number of hydrogen-bond donors (Lipinski definition) is 2. The van der Waals surface area contributed by atoms with E-state index in [0.29, 0.717) is 12.3 Å². The van der Waals surface area contributed by atoms with Gasteiger partial charge in [0.05, 0.1) is 17.4 Å². The Labute approximate surface area is 183 Å². The molecule has 2 atom stereocenters. The van der Waals surface area contributed by atoms with Crippen LogP contribution >= 0.6 is 0 Å². The Hall–Kier alpha value is -2.99. The van der Waals surface area contributed by atoms with E-state index in [0.717, 1.165) is 48.2 Å². The number of likely N-dealkylation sites (N-methyl/N-ethyl adjacent to an activating group) is 1. The summed E-state index contributed by atoms with van der Waals surface area (Å²) in [7, 11) is 1.74. The Morgan fingerprint density at radius 1 is 1.10 bits per heavy atom. The van der Waals surface area contributed by atoms with E-state index < -0.39 is 12.2 Å². The molecule has 0 bridgehead atoms. The minimum Gasteiger partial charge on any atom is -0.325 e. The van der Waals surface area contributed by atoms with E-state index >= 15 is 0 Å². The summed E-state index contributed by atoms with van der Waals surface area (Å²) in [5.74, 6) is -0.321. The summed E-state index contributed by atoms with van der Waals surface area (Å²) >= 11 is 0. The summed E-state index contributed by atoms with van der Waals surface area (Å²) in [4.78, 5) is 32.5. The third-order valence-corrected chi connectivity index (χ3v) is 6.28. The molecule has 2 amide bonds. The second-order valence-corrected chi connectivity index (χ2v) is 8.47. The van der Waals surface area contributed by atoms with E-state index in [1.807, 2.05) is 54.6 Å². The third kappa shape index (κ3) is 4.69. The highest BCUT2D eigenvalue weighted by Crippen LogP contribution is 2.33. The summed E-state index contributed by atoms with van der Waals surface area (Å²) in [6.07, 6.45) is 5.10. The number of hydrogen-bond acceptors (Lipinski definition) is 4. The first-order valence-corrected chi connectivity index (χ1v) is 11.1. The maximum absolute atomic E-state index is 13.2. The number of nitrogens with one attached hydrogen (secondary N) is 1. The van der Waals surface area contributed by atoms with Crippen LogP contribution in [0.1, 0.15) is 43.2 Å². The predicted octanol–water partition coefficient (Wildman–Crippen LogP) is 3.04. The Kier molecular flexibility index (Phi) is 6.47. The average Bonchev–Trinajstić information content (AvgIpc) is 2.91. The number of nitrogens with two attached hydrogens (primary N) is 1. The van der Waals surface area contributed by atoms with Gasteiger partial charge in [-0.2, -0.15) is 0 Å². The van der Waals surface area contributed by atoms with E-state index in [2.05, 4.69) is 5.32 Å². The third-order valence-electron chi connectivity index (χ3n) is 6.28.